The molecule has 44 valence electrons. The van der Waals surface area contributed by atoms with Crippen molar-refractivity contribution in [1.29, 1.82) is 0 Å². The number of nitrogens with zero attached hydrogens (tertiary/aromatic N) is 1. The third-order valence-corrected chi connectivity index (χ3v) is 1.47. The Morgan fingerprint density at radius 2 is 2.75 bits per heavy atom. The Morgan fingerprint density at radius 3 is 3.00 bits per heavy atom. The van der Waals surface area contributed by atoms with Crippen LogP contribution in [0.5, 0.6) is 0 Å². The first-order valence-corrected chi connectivity index (χ1v) is 2.90. The molecule has 0 aromatic rings. The second-order valence-electron chi connectivity index (χ2n) is 1.22. The maximum atomic E-state index is 10.0. The molecular weight excluding hydrogens is 128 g/mol. The molecule has 0 radical (unpaired) electrons. The van der Waals surface area contributed by atoms with E-state index >= 15 is 0 Å². The molecule has 1 aliphatic heterocycles. The molecule has 0 saturated heterocycles. The predicted octanol–water partition coefficient (Wildman–Crippen LogP) is -0.323. The van der Waals surface area contributed by atoms with E-state index in [0.29, 0.717) is 0 Å². The van der Waals surface area contributed by atoms with Crippen molar-refractivity contribution in [2.24, 2.45) is 5.10 Å². The van der Waals surface area contributed by atoms with Crippen molar-refractivity contribution >= 4 is 23.3 Å². The van der Waals surface area contributed by atoms with Crippen LogP contribution in [0.25, 0.3) is 0 Å². The zero-order valence-electron chi connectivity index (χ0n) is 3.87. The van der Waals surface area contributed by atoms with Crippen molar-refractivity contribution in [3.63, 3.8) is 0 Å². The highest BCUT2D eigenvalue weighted by atomic mass is 32.2. The quantitative estimate of drug-likeness (QED) is 0.513. The van der Waals surface area contributed by atoms with Gasteiger partial charge in [0, 0.05) is 0 Å². The molecular formula is C3H4N2O2S. The van der Waals surface area contributed by atoms with Gasteiger partial charge in [-0.25, -0.2) is 4.79 Å². The van der Waals surface area contributed by atoms with E-state index in [1.165, 1.54) is 5.55 Å². The molecule has 0 aromatic carbocycles. The summed E-state index contributed by atoms with van der Waals surface area (Å²) in [6.45, 7) is 0. The summed E-state index contributed by atoms with van der Waals surface area (Å²) in [6, 6.07) is 0. The Morgan fingerprint density at radius 1 is 2.00 bits per heavy atom. The summed E-state index contributed by atoms with van der Waals surface area (Å²) in [5, 5.41) is 11.2. The molecule has 2 N–H and O–H groups in total. The van der Waals surface area contributed by atoms with Crippen molar-refractivity contribution in [3.8, 4) is 0 Å². The molecule has 5 heteroatoms. The molecule has 0 aliphatic carbocycles. The van der Waals surface area contributed by atoms with E-state index in [1.54, 1.807) is 0 Å². The molecule has 1 atom stereocenters. The highest BCUT2D eigenvalue weighted by Gasteiger charge is 2.18. The first kappa shape index (κ1) is 5.43. The minimum atomic E-state index is -0.882. The molecule has 1 heterocycles. The summed E-state index contributed by atoms with van der Waals surface area (Å²) in [5.41, 5.74) is 3.86. The van der Waals surface area contributed by atoms with Crippen molar-refractivity contribution in [2.45, 2.75) is 5.37 Å². The zero-order valence-corrected chi connectivity index (χ0v) is 4.68. The van der Waals surface area contributed by atoms with E-state index in [1.807, 2.05) is 0 Å². The Labute approximate surface area is 50.0 Å². The van der Waals surface area contributed by atoms with Gasteiger partial charge in [0.1, 0.15) is 0 Å². The van der Waals surface area contributed by atoms with Crippen LogP contribution >= 0.6 is 11.8 Å². The maximum Gasteiger partial charge on any atom is 0.338 e. The smallest absolute Gasteiger partial charge is 0.338 e. The summed E-state index contributed by atoms with van der Waals surface area (Å²) < 4.78 is 0. The minimum Gasteiger partial charge on any atom is -0.479 e. The van der Waals surface area contributed by atoms with Crippen LogP contribution in [0.1, 0.15) is 0 Å². The van der Waals surface area contributed by atoms with Gasteiger partial charge in [0.25, 0.3) is 0 Å². The predicted molar refractivity (Wildman–Crippen MR) is 30.6 cm³/mol. The number of carbonyl (C=O) groups is 1. The van der Waals surface area contributed by atoms with Gasteiger partial charge in [-0.05, 0) is 0 Å². The monoisotopic (exact) mass is 132 g/mol. The van der Waals surface area contributed by atoms with E-state index < -0.39 is 11.3 Å². The van der Waals surface area contributed by atoms with Gasteiger partial charge in [-0.1, -0.05) is 11.8 Å². The van der Waals surface area contributed by atoms with E-state index in [9.17, 15) is 4.79 Å². The van der Waals surface area contributed by atoms with Gasteiger partial charge in [-0.3, -0.25) is 5.43 Å². The molecule has 1 rings (SSSR count). The molecule has 1 aliphatic rings. The number of rotatable bonds is 1. The number of carboxylic acids is 1. The van der Waals surface area contributed by atoms with E-state index in [-0.39, 0.29) is 0 Å². The molecule has 0 aromatic heterocycles. The number of aliphatic carboxylic acids is 1. The number of hydrogen-bond donors (Lipinski definition) is 2. The Hall–Kier alpha value is -0.710. The summed E-state index contributed by atoms with van der Waals surface area (Å²) in [5.74, 6) is -0.882. The number of nitrogens with one attached hydrogen (secondary N) is 1. The van der Waals surface area contributed by atoms with Gasteiger partial charge >= 0.3 is 5.97 Å². The fraction of sp³-hybridized carbons (Fsp3) is 0.333. The molecule has 8 heavy (non-hydrogen) atoms. The van der Waals surface area contributed by atoms with Gasteiger partial charge in [0.2, 0.25) is 0 Å². The van der Waals surface area contributed by atoms with Gasteiger partial charge in [0.05, 0.1) is 5.55 Å². The number of hydrogen-bond acceptors (Lipinski definition) is 4. The van der Waals surface area contributed by atoms with Crippen molar-refractivity contribution in [2.75, 3.05) is 0 Å². The lowest BCUT2D eigenvalue weighted by atomic mass is 10.7. The fourth-order valence-corrected chi connectivity index (χ4v) is 0.815. The van der Waals surface area contributed by atoms with Gasteiger partial charge < -0.3 is 5.11 Å². The third-order valence-electron chi connectivity index (χ3n) is 0.666. The van der Waals surface area contributed by atoms with Crippen LogP contribution in [0, 0.1) is 0 Å². The minimum absolute atomic E-state index is 0.574. The van der Waals surface area contributed by atoms with Gasteiger partial charge in [-0.15, -0.1) is 0 Å². The average molecular weight is 132 g/mol. The summed E-state index contributed by atoms with van der Waals surface area (Å²) in [6.07, 6.45) is 0. The second-order valence-corrected chi connectivity index (χ2v) is 2.17. The standard InChI is InChI=1S/C3H4N2O2S/c6-3(7)2-5-4-1-8-2/h1-2,5H,(H,6,7). The molecule has 1 unspecified atom stereocenters. The van der Waals surface area contributed by atoms with Crippen LogP contribution < -0.4 is 5.43 Å². The normalized spacial score (nSPS) is 25.2. The lowest BCUT2D eigenvalue weighted by Gasteiger charge is -1.98. The second kappa shape index (κ2) is 2.04. The van der Waals surface area contributed by atoms with Crippen molar-refractivity contribution in [3.05, 3.63) is 0 Å². The zero-order chi connectivity index (χ0) is 5.98. The largest absolute Gasteiger partial charge is 0.479 e. The number of thioether (sulfide) groups is 1. The molecule has 0 spiro atoms. The van der Waals surface area contributed by atoms with E-state index in [2.05, 4.69) is 10.5 Å². The maximum absolute atomic E-state index is 10.0. The van der Waals surface area contributed by atoms with Crippen molar-refractivity contribution < 1.29 is 9.90 Å². The van der Waals surface area contributed by atoms with Crippen LogP contribution in [0.3, 0.4) is 0 Å². The Kier molecular flexibility index (Phi) is 1.38. The SMILES string of the molecule is O=C(O)C1NN=CS1. The van der Waals surface area contributed by atoms with Crippen molar-refractivity contribution in [1.82, 2.24) is 5.43 Å². The molecule has 0 saturated carbocycles. The lowest BCUT2D eigenvalue weighted by molar-refractivity contribution is -0.136. The first-order valence-electron chi connectivity index (χ1n) is 1.96. The number of hydrazone groups is 1. The van der Waals surface area contributed by atoms with Crippen LogP contribution in [0.4, 0.5) is 0 Å². The van der Waals surface area contributed by atoms with Gasteiger partial charge in [-0.2, -0.15) is 5.10 Å². The molecule has 0 amide bonds. The van der Waals surface area contributed by atoms with Crippen LogP contribution in [-0.2, 0) is 4.79 Å². The van der Waals surface area contributed by atoms with Crippen LogP contribution in [0.2, 0.25) is 0 Å². The fourth-order valence-electron chi connectivity index (χ4n) is 0.333. The van der Waals surface area contributed by atoms with Crippen LogP contribution in [0.15, 0.2) is 5.10 Å². The van der Waals surface area contributed by atoms with Gasteiger partial charge in [0.15, 0.2) is 5.37 Å². The van der Waals surface area contributed by atoms with E-state index in [4.69, 9.17) is 5.11 Å². The van der Waals surface area contributed by atoms with E-state index in [0.717, 1.165) is 11.8 Å². The first-order chi connectivity index (χ1) is 3.80. The summed E-state index contributed by atoms with van der Waals surface area (Å²) in [4.78, 5) is 10.0. The number of carboxylic acid groups (broad SMARTS) is 1. The topological polar surface area (TPSA) is 61.7 Å². The molecule has 0 bridgehead atoms. The highest BCUT2D eigenvalue weighted by molar-refractivity contribution is 8.13. The Bertz CT molecular complexity index is 127. The third kappa shape index (κ3) is 0.919. The Balaban J connectivity index is 2.41. The summed E-state index contributed by atoms with van der Waals surface area (Å²) in [7, 11) is 0. The molecule has 4 nitrogen and oxygen atoms in total. The average Bonchev–Trinajstić information content (AvgIpc) is 2.12. The lowest BCUT2D eigenvalue weighted by Crippen LogP contribution is -2.25. The highest BCUT2D eigenvalue weighted by Crippen LogP contribution is 2.08. The summed E-state index contributed by atoms with van der Waals surface area (Å²) >= 11 is 1.15. The van der Waals surface area contributed by atoms with Crippen LogP contribution in [-0.4, -0.2) is 22.0 Å². The molecule has 0 fully saturated rings.